The lowest BCUT2D eigenvalue weighted by Gasteiger charge is -2.10. The number of anilines is 3. The van der Waals surface area contributed by atoms with Gasteiger partial charge in [-0.15, -0.1) is 0 Å². The van der Waals surface area contributed by atoms with E-state index >= 15 is 0 Å². The predicted octanol–water partition coefficient (Wildman–Crippen LogP) is 3.38. The minimum atomic E-state index is -0.623. The zero-order valence-corrected chi connectivity index (χ0v) is 15.3. The third-order valence-corrected chi connectivity index (χ3v) is 4.22. The van der Waals surface area contributed by atoms with Crippen LogP contribution in [-0.4, -0.2) is 26.6 Å². The Hall–Kier alpha value is -4.48. The summed E-state index contributed by atoms with van der Waals surface area (Å²) in [6.07, 6.45) is 1.16. The first kappa shape index (κ1) is 18.9. The molecule has 0 unspecified atom stereocenters. The number of nitrogens with zero attached hydrogens (tertiary/aromatic N) is 4. The summed E-state index contributed by atoms with van der Waals surface area (Å²) in [7, 11) is 0. The Morgan fingerprint density at radius 1 is 0.967 bits per heavy atom. The van der Waals surface area contributed by atoms with Crippen LogP contribution in [0.2, 0.25) is 0 Å². The smallest absolute Gasteiger partial charge is 0.353 e. The summed E-state index contributed by atoms with van der Waals surface area (Å²) in [4.78, 5) is 29.3. The van der Waals surface area contributed by atoms with Crippen molar-refractivity contribution in [2.75, 3.05) is 17.4 Å². The predicted molar refractivity (Wildman–Crippen MR) is 105 cm³/mol. The molecule has 0 bridgehead atoms. The van der Waals surface area contributed by atoms with Crippen molar-refractivity contribution >= 4 is 28.7 Å². The molecule has 0 saturated heterocycles. The highest BCUT2D eigenvalue weighted by Crippen LogP contribution is 2.34. The minimum absolute atomic E-state index is 0.000553. The molecule has 0 saturated carbocycles. The van der Waals surface area contributed by atoms with Crippen molar-refractivity contribution < 1.29 is 19.3 Å². The first-order chi connectivity index (χ1) is 14.5. The van der Waals surface area contributed by atoms with Gasteiger partial charge in [-0.2, -0.15) is 0 Å². The Kier molecular flexibility index (Phi) is 4.95. The summed E-state index contributed by atoms with van der Waals surface area (Å²) >= 11 is 0. The number of fused-ring (bicyclic) bond motifs is 1. The van der Waals surface area contributed by atoms with Crippen LogP contribution in [0, 0.1) is 20.2 Å². The molecule has 2 N–H and O–H groups in total. The van der Waals surface area contributed by atoms with Crippen molar-refractivity contribution in [1.82, 2.24) is 9.97 Å². The number of benzene rings is 2. The molecular weight excluding hydrogens is 396 g/mol. The molecule has 2 heterocycles. The topological polar surface area (TPSA) is 155 Å². The Morgan fingerprint density at radius 3 is 2.57 bits per heavy atom. The Bertz CT molecular complexity index is 1140. The van der Waals surface area contributed by atoms with Crippen molar-refractivity contribution in [1.29, 1.82) is 0 Å². The van der Waals surface area contributed by atoms with E-state index in [9.17, 15) is 20.2 Å². The number of aromatic nitrogens is 2. The maximum absolute atomic E-state index is 11.7. The number of hydrogen-bond donors (Lipinski definition) is 2. The van der Waals surface area contributed by atoms with Gasteiger partial charge in [-0.1, -0.05) is 12.1 Å². The normalized spacial score (nSPS) is 11.7. The van der Waals surface area contributed by atoms with Gasteiger partial charge in [0, 0.05) is 24.4 Å². The molecule has 0 atom stereocenters. The zero-order valence-electron chi connectivity index (χ0n) is 15.3. The zero-order chi connectivity index (χ0) is 21.1. The van der Waals surface area contributed by atoms with Gasteiger partial charge in [-0.3, -0.25) is 20.2 Å². The van der Waals surface area contributed by atoms with Gasteiger partial charge in [-0.25, -0.2) is 9.97 Å². The summed E-state index contributed by atoms with van der Waals surface area (Å²) in [5.41, 5.74) is 0.552. The first-order valence-electron chi connectivity index (χ1n) is 8.64. The highest BCUT2D eigenvalue weighted by Gasteiger charge is 2.24. The molecule has 1 aliphatic rings. The second kappa shape index (κ2) is 7.87. The van der Waals surface area contributed by atoms with E-state index in [1.165, 1.54) is 18.2 Å². The number of nitro benzene ring substituents is 1. The van der Waals surface area contributed by atoms with Crippen LogP contribution in [-0.2, 0) is 6.54 Å². The highest BCUT2D eigenvalue weighted by atomic mass is 16.7. The van der Waals surface area contributed by atoms with Crippen LogP contribution in [0.4, 0.5) is 28.7 Å². The fraction of sp³-hybridized carbons (Fsp3) is 0.111. The molecule has 2 aromatic carbocycles. The quantitative estimate of drug-likeness (QED) is 0.437. The van der Waals surface area contributed by atoms with E-state index < -0.39 is 9.85 Å². The van der Waals surface area contributed by atoms with Gasteiger partial charge < -0.3 is 20.1 Å². The molecule has 12 heteroatoms. The lowest BCUT2D eigenvalue weighted by Crippen LogP contribution is -2.08. The number of non-ortho nitro benzene ring substituents is 1. The van der Waals surface area contributed by atoms with E-state index in [0.29, 0.717) is 11.5 Å². The molecule has 0 amide bonds. The summed E-state index contributed by atoms with van der Waals surface area (Å²) in [5, 5.41) is 28.3. The van der Waals surface area contributed by atoms with E-state index in [-0.39, 0.29) is 42.0 Å². The molecule has 152 valence electrons. The van der Waals surface area contributed by atoms with Crippen LogP contribution in [0.25, 0.3) is 0 Å². The van der Waals surface area contributed by atoms with Crippen molar-refractivity contribution in [2.24, 2.45) is 0 Å². The summed E-state index contributed by atoms with van der Waals surface area (Å²) in [5.74, 6) is 1.14. The van der Waals surface area contributed by atoms with Crippen LogP contribution in [0.15, 0.2) is 48.8 Å². The largest absolute Gasteiger partial charge is 0.454 e. The lowest BCUT2D eigenvalue weighted by molar-refractivity contribution is -0.384. The highest BCUT2D eigenvalue weighted by molar-refractivity contribution is 5.74. The average molecular weight is 410 g/mol. The molecule has 0 radical (unpaired) electrons. The van der Waals surface area contributed by atoms with E-state index in [2.05, 4.69) is 20.6 Å². The fourth-order valence-electron chi connectivity index (χ4n) is 2.84. The molecule has 0 aliphatic carbocycles. The number of rotatable bonds is 7. The third-order valence-electron chi connectivity index (χ3n) is 4.22. The molecule has 0 spiro atoms. The van der Waals surface area contributed by atoms with Crippen molar-refractivity contribution in [3.63, 3.8) is 0 Å². The first-order valence-corrected chi connectivity index (χ1v) is 8.64. The second-order valence-electron chi connectivity index (χ2n) is 6.15. The van der Waals surface area contributed by atoms with Crippen molar-refractivity contribution in [2.45, 2.75) is 6.54 Å². The van der Waals surface area contributed by atoms with Crippen molar-refractivity contribution in [3.8, 4) is 11.5 Å². The molecule has 1 aliphatic heterocycles. The van der Waals surface area contributed by atoms with E-state index in [1.807, 2.05) is 0 Å². The van der Waals surface area contributed by atoms with Crippen LogP contribution in [0.1, 0.15) is 5.56 Å². The standard InChI is InChI=1S/C18H14N6O6/c25-23(26)13-3-1-2-12(7-13)22-18-16(24(27)28)17(20-9-21-18)19-8-11-4-5-14-15(6-11)30-10-29-14/h1-7,9H,8,10H2,(H2,19,20,21,22). The second-order valence-corrected chi connectivity index (χ2v) is 6.15. The molecule has 3 aromatic rings. The van der Waals surface area contributed by atoms with Gasteiger partial charge in [0.05, 0.1) is 9.85 Å². The van der Waals surface area contributed by atoms with Crippen LogP contribution in [0.3, 0.4) is 0 Å². The maximum Gasteiger partial charge on any atom is 0.353 e. The SMILES string of the molecule is O=[N+]([O-])c1cccc(Nc2ncnc(NCc3ccc4c(c3)OCO4)c2[N+](=O)[O-])c1. The fourth-order valence-corrected chi connectivity index (χ4v) is 2.84. The lowest BCUT2D eigenvalue weighted by atomic mass is 10.2. The molecule has 30 heavy (non-hydrogen) atoms. The van der Waals surface area contributed by atoms with Gasteiger partial charge >= 0.3 is 5.69 Å². The third kappa shape index (κ3) is 3.87. The maximum atomic E-state index is 11.7. The van der Waals surface area contributed by atoms with E-state index in [1.54, 1.807) is 24.3 Å². The van der Waals surface area contributed by atoms with Gasteiger partial charge in [0.1, 0.15) is 6.33 Å². The van der Waals surface area contributed by atoms with Gasteiger partial charge in [0.25, 0.3) is 5.69 Å². The minimum Gasteiger partial charge on any atom is -0.454 e. The average Bonchev–Trinajstić information content (AvgIpc) is 3.20. The van der Waals surface area contributed by atoms with E-state index in [0.717, 1.165) is 11.9 Å². The Balaban J connectivity index is 1.57. The molecule has 0 fully saturated rings. The number of hydrogen-bond acceptors (Lipinski definition) is 10. The molecular formula is C18H14N6O6. The Labute approximate surface area is 168 Å². The summed E-state index contributed by atoms with van der Waals surface area (Å²) in [6, 6.07) is 10.9. The molecule has 12 nitrogen and oxygen atoms in total. The number of nitrogens with one attached hydrogen (secondary N) is 2. The van der Waals surface area contributed by atoms with Crippen LogP contribution >= 0.6 is 0 Å². The van der Waals surface area contributed by atoms with Gasteiger partial charge in [-0.05, 0) is 23.8 Å². The molecule has 4 rings (SSSR count). The van der Waals surface area contributed by atoms with Gasteiger partial charge in [0.2, 0.25) is 18.4 Å². The van der Waals surface area contributed by atoms with Crippen molar-refractivity contribution in [3.05, 3.63) is 74.6 Å². The number of ether oxygens (including phenoxy) is 2. The summed E-state index contributed by atoms with van der Waals surface area (Å²) < 4.78 is 10.6. The van der Waals surface area contributed by atoms with E-state index in [4.69, 9.17) is 9.47 Å². The molecule has 1 aromatic heterocycles. The van der Waals surface area contributed by atoms with Gasteiger partial charge in [0.15, 0.2) is 11.5 Å². The Morgan fingerprint density at radius 2 is 1.77 bits per heavy atom. The number of nitro groups is 2. The van der Waals surface area contributed by atoms with Crippen LogP contribution < -0.4 is 20.1 Å². The van der Waals surface area contributed by atoms with Crippen LogP contribution in [0.5, 0.6) is 11.5 Å². The monoisotopic (exact) mass is 410 g/mol. The summed E-state index contributed by atoms with van der Waals surface area (Å²) in [6.45, 7) is 0.390.